The van der Waals surface area contributed by atoms with Gasteiger partial charge in [-0.15, -0.1) is 0 Å². The molecule has 0 radical (unpaired) electrons. The van der Waals surface area contributed by atoms with E-state index in [9.17, 15) is 4.79 Å². The Labute approximate surface area is 146 Å². The Morgan fingerprint density at radius 3 is 2.80 bits per heavy atom. The number of aromatic nitrogens is 5. The van der Waals surface area contributed by atoms with Crippen LogP contribution in [0.5, 0.6) is 0 Å². The van der Waals surface area contributed by atoms with Crippen molar-refractivity contribution in [3.63, 3.8) is 0 Å². The number of fused-ring (bicyclic) bond motifs is 1. The van der Waals surface area contributed by atoms with Crippen LogP contribution in [-0.4, -0.2) is 30.5 Å². The van der Waals surface area contributed by atoms with Crippen LogP contribution in [0, 0.1) is 0 Å². The fourth-order valence-electron chi connectivity index (χ4n) is 3.49. The van der Waals surface area contributed by atoms with Crippen molar-refractivity contribution in [1.29, 1.82) is 0 Å². The van der Waals surface area contributed by atoms with Crippen LogP contribution < -0.4 is 5.32 Å². The van der Waals surface area contributed by atoms with Crippen LogP contribution in [0.25, 0.3) is 11.0 Å². The standard InChI is InChI=1S/C18H22N6O/c1-12(2)23-16(7-8-20-23)22-18(25)14-9-13-11-21-24(17(13)19-10-14)15-5-3-4-6-15/h7-12,15H,3-6H2,1-2H3,(H,22,25). The Bertz CT molecular complexity index is 903. The first-order valence-corrected chi connectivity index (χ1v) is 8.81. The number of carbonyl (C=O) groups excluding carboxylic acids is 1. The van der Waals surface area contributed by atoms with Gasteiger partial charge in [-0.3, -0.25) is 4.79 Å². The quantitative estimate of drug-likeness (QED) is 0.789. The molecule has 25 heavy (non-hydrogen) atoms. The van der Waals surface area contributed by atoms with Crippen LogP contribution in [0.3, 0.4) is 0 Å². The van der Waals surface area contributed by atoms with Gasteiger partial charge >= 0.3 is 0 Å². The third-order valence-electron chi connectivity index (χ3n) is 4.77. The van der Waals surface area contributed by atoms with Crippen LogP contribution in [-0.2, 0) is 0 Å². The van der Waals surface area contributed by atoms with E-state index in [4.69, 9.17) is 0 Å². The van der Waals surface area contributed by atoms with Crippen molar-refractivity contribution in [2.45, 2.75) is 51.6 Å². The zero-order chi connectivity index (χ0) is 17.4. The van der Waals surface area contributed by atoms with Crippen molar-refractivity contribution in [1.82, 2.24) is 24.5 Å². The van der Waals surface area contributed by atoms with E-state index in [0.29, 0.717) is 17.4 Å². The summed E-state index contributed by atoms with van der Waals surface area (Å²) in [6.07, 6.45) is 9.91. The van der Waals surface area contributed by atoms with Gasteiger partial charge in [-0.1, -0.05) is 12.8 Å². The van der Waals surface area contributed by atoms with Gasteiger partial charge in [0.25, 0.3) is 5.91 Å². The molecular formula is C18H22N6O. The maximum atomic E-state index is 12.6. The van der Waals surface area contributed by atoms with E-state index < -0.39 is 0 Å². The summed E-state index contributed by atoms with van der Waals surface area (Å²) in [4.78, 5) is 17.1. The van der Waals surface area contributed by atoms with Gasteiger partial charge in [-0.05, 0) is 32.8 Å². The molecule has 3 heterocycles. The molecule has 1 amide bonds. The molecular weight excluding hydrogens is 316 g/mol. The average Bonchev–Trinajstić information content (AvgIpc) is 3.33. The molecule has 0 spiro atoms. The molecule has 1 aliphatic carbocycles. The minimum Gasteiger partial charge on any atom is -0.307 e. The second-order valence-corrected chi connectivity index (χ2v) is 6.87. The predicted molar refractivity (Wildman–Crippen MR) is 95.6 cm³/mol. The highest BCUT2D eigenvalue weighted by Gasteiger charge is 2.20. The van der Waals surface area contributed by atoms with Crippen molar-refractivity contribution in [3.05, 3.63) is 36.3 Å². The predicted octanol–water partition coefficient (Wildman–Crippen LogP) is 3.58. The summed E-state index contributed by atoms with van der Waals surface area (Å²) >= 11 is 0. The molecule has 1 N–H and O–H groups in total. The molecule has 0 aliphatic heterocycles. The molecule has 0 unspecified atom stereocenters. The molecule has 3 aromatic heterocycles. The summed E-state index contributed by atoms with van der Waals surface area (Å²) in [5.41, 5.74) is 1.38. The molecule has 1 saturated carbocycles. The van der Waals surface area contributed by atoms with E-state index in [1.165, 1.54) is 12.8 Å². The van der Waals surface area contributed by atoms with Crippen molar-refractivity contribution in [2.75, 3.05) is 5.32 Å². The third-order valence-corrected chi connectivity index (χ3v) is 4.77. The monoisotopic (exact) mass is 338 g/mol. The molecule has 7 heteroatoms. The first-order valence-electron chi connectivity index (χ1n) is 8.81. The van der Waals surface area contributed by atoms with Crippen LogP contribution in [0.15, 0.2) is 30.7 Å². The number of nitrogens with one attached hydrogen (secondary N) is 1. The summed E-state index contributed by atoms with van der Waals surface area (Å²) in [6.45, 7) is 4.04. The van der Waals surface area contributed by atoms with Gasteiger partial charge in [0.15, 0.2) is 5.65 Å². The maximum absolute atomic E-state index is 12.6. The summed E-state index contributed by atoms with van der Waals surface area (Å²) in [5.74, 6) is 0.493. The number of anilines is 1. The van der Waals surface area contributed by atoms with Crippen LogP contribution in [0.1, 0.15) is 62.0 Å². The summed E-state index contributed by atoms with van der Waals surface area (Å²) in [5, 5.41) is 12.5. The van der Waals surface area contributed by atoms with E-state index in [1.807, 2.05) is 24.6 Å². The first kappa shape index (κ1) is 15.8. The molecule has 0 saturated heterocycles. The Kier molecular flexibility index (Phi) is 3.99. The number of amides is 1. The largest absolute Gasteiger partial charge is 0.307 e. The summed E-state index contributed by atoms with van der Waals surface area (Å²) < 4.78 is 3.79. The number of hydrogen-bond acceptors (Lipinski definition) is 4. The molecule has 4 rings (SSSR count). The number of nitrogens with zero attached hydrogens (tertiary/aromatic N) is 5. The minimum atomic E-state index is -0.189. The van der Waals surface area contributed by atoms with Gasteiger partial charge in [0, 0.05) is 23.7 Å². The van der Waals surface area contributed by atoms with Crippen molar-refractivity contribution in [3.8, 4) is 0 Å². The molecule has 0 bridgehead atoms. The fourth-order valence-corrected chi connectivity index (χ4v) is 3.49. The molecule has 1 fully saturated rings. The van der Waals surface area contributed by atoms with Gasteiger partial charge in [0.05, 0.1) is 24.0 Å². The van der Waals surface area contributed by atoms with E-state index in [1.54, 1.807) is 29.3 Å². The lowest BCUT2D eigenvalue weighted by molar-refractivity contribution is 0.102. The van der Waals surface area contributed by atoms with Crippen molar-refractivity contribution >= 4 is 22.8 Å². The number of hydrogen-bond donors (Lipinski definition) is 1. The van der Waals surface area contributed by atoms with Crippen molar-refractivity contribution < 1.29 is 4.79 Å². The molecule has 7 nitrogen and oxygen atoms in total. The lowest BCUT2D eigenvalue weighted by atomic mass is 10.2. The zero-order valence-electron chi connectivity index (χ0n) is 14.5. The van der Waals surface area contributed by atoms with Crippen LogP contribution in [0.2, 0.25) is 0 Å². The van der Waals surface area contributed by atoms with Gasteiger partial charge in [-0.25, -0.2) is 14.3 Å². The smallest absolute Gasteiger partial charge is 0.258 e. The van der Waals surface area contributed by atoms with E-state index in [2.05, 4.69) is 20.5 Å². The maximum Gasteiger partial charge on any atom is 0.258 e. The van der Waals surface area contributed by atoms with E-state index in [-0.39, 0.29) is 11.9 Å². The Morgan fingerprint density at radius 1 is 1.24 bits per heavy atom. The Balaban J connectivity index is 1.59. The molecule has 1 aliphatic rings. The fraction of sp³-hybridized carbons (Fsp3) is 0.444. The molecule has 0 aromatic carbocycles. The van der Waals surface area contributed by atoms with Gasteiger partial charge < -0.3 is 5.32 Å². The Hall–Kier alpha value is -2.70. The van der Waals surface area contributed by atoms with Gasteiger partial charge in [0.1, 0.15) is 5.82 Å². The van der Waals surface area contributed by atoms with Gasteiger partial charge in [0.2, 0.25) is 0 Å². The highest BCUT2D eigenvalue weighted by Crippen LogP contribution is 2.31. The number of rotatable bonds is 4. The Morgan fingerprint density at radius 2 is 2.04 bits per heavy atom. The third kappa shape index (κ3) is 2.90. The summed E-state index contributed by atoms with van der Waals surface area (Å²) in [6, 6.07) is 4.26. The lowest BCUT2D eigenvalue weighted by Gasteiger charge is -2.12. The van der Waals surface area contributed by atoms with E-state index in [0.717, 1.165) is 23.9 Å². The van der Waals surface area contributed by atoms with Crippen molar-refractivity contribution in [2.24, 2.45) is 0 Å². The highest BCUT2D eigenvalue weighted by atomic mass is 16.1. The average molecular weight is 338 g/mol. The molecule has 0 atom stereocenters. The number of pyridine rings is 1. The topological polar surface area (TPSA) is 77.6 Å². The first-order chi connectivity index (χ1) is 12.1. The highest BCUT2D eigenvalue weighted by molar-refractivity contribution is 6.05. The normalized spacial score (nSPS) is 15.3. The summed E-state index contributed by atoms with van der Waals surface area (Å²) in [7, 11) is 0. The van der Waals surface area contributed by atoms with Crippen LogP contribution >= 0.6 is 0 Å². The number of carbonyl (C=O) groups is 1. The van der Waals surface area contributed by atoms with Crippen LogP contribution in [0.4, 0.5) is 5.82 Å². The lowest BCUT2D eigenvalue weighted by Crippen LogP contribution is -2.17. The molecule has 3 aromatic rings. The minimum absolute atomic E-state index is 0.176. The van der Waals surface area contributed by atoms with E-state index >= 15 is 0 Å². The molecule has 130 valence electrons. The zero-order valence-corrected chi connectivity index (χ0v) is 14.5. The second kappa shape index (κ2) is 6.31. The van der Waals surface area contributed by atoms with Gasteiger partial charge in [-0.2, -0.15) is 10.2 Å². The second-order valence-electron chi connectivity index (χ2n) is 6.87. The SMILES string of the molecule is CC(C)n1nccc1NC(=O)c1cnc2c(cnn2C2CCCC2)c1.